The van der Waals surface area contributed by atoms with Crippen molar-refractivity contribution in [1.29, 1.82) is 0 Å². The van der Waals surface area contributed by atoms with Crippen LogP contribution in [-0.2, 0) is 0 Å². The van der Waals surface area contributed by atoms with Crippen LogP contribution in [0.4, 0.5) is 0 Å². The van der Waals surface area contributed by atoms with Crippen LogP contribution in [0.5, 0.6) is 0 Å². The van der Waals surface area contributed by atoms with Gasteiger partial charge in [-0.05, 0) is 25.9 Å². The number of piperidine rings is 1. The lowest BCUT2D eigenvalue weighted by atomic mass is 10.1. The highest BCUT2D eigenvalue weighted by atomic mass is 16.3. The maximum Gasteiger partial charge on any atom is 0.0564 e. The summed E-state index contributed by atoms with van der Waals surface area (Å²) in [7, 11) is 0. The van der Waals surface area contributed by atoms with Crippen LogP contribution in [0.2, 0.25) is 0 Å². The molecule has 0 unspecified atom stereocenters. The van der Waals surface area contributed by atoms with E-state index < -0.39 is 0 Å². The Kier molecular flexibility index (Phi) is 9.94. The average molecular weight is 187 g/mol. The van der Waals surface area contributed by atoms with Crippen molar-refractivity contribution in [1.82, 2.24) is 5.32 Å². The second-order valence-corrected chi connectivity index (χ2v) is 3.69. The molecule has 0 bridgehead atoms. The summed E-state index contributed by atoms with van der Waals surface area (Å²) in [5, 5.41) is 12.0. The molecule has 1 aliphatic heterocycles. The van der Waals surface area contributed by atoms with E-state index in [2.05, 4.69) is 19.2 Å². The highest BCUT2D eigenvalue weighted by molar-refractivity contribution is 4.65. The molecule has 2 nitrogen and oxygen atoms in total. The first-order chi connectivity index (χ1) is 6.31. The van der Waals surface area contributed by atoms with E-state index in [0.717, 1.165) is 25.9 Å². The molecule has 0 aromatic heterocycles. The molecule has 0 aromatic carbocycles. The molecule has 1 saturated heterocycles. The first-order valence-electron chi connectivity index (χ1n) is 5.70. The lowest BCUT2D eigenvalue weighted by Crippen LogP contribution is -2.30. The van der Waals surface area contributed by atoms with Crippen molar-refractivity contribution >= 4 is 0 Å². The van der Waals surface area contributed by atoms with Gasteiger partial charge < -0.3 is 10.4 Å². The first kappa shape index (κ1) is 12.9. The monoisotopic (exact) mass is 187 g/mol. The molecule has 1 heterocycles. The van der Waals surface area contributed by atoms with Gasteiger partial charge in [0.05, 0.1) is 6.10 Å². The van der Waals surface area contributed by atoms with Crippen LogP contribution in [0.3, 0.4) is 0 Å². The predicted molar refractivity (Wildman–Crippen MR) is 57.9 cm³/mol. The molecule has 0 saturated carbocycles. The van der Waals surface area contributed by atoms with Crippen LogP contribution in [0.1, 0.15) is 52.4 Å². The van der Waals surface area contributed by atoms with Gasteiger partial charge in [0, 0.05) is 0 Å². The van der Waals surface area contributed by atoms with Crippen molar-refractivity contribution in [2.45, 2.75) is 58.5 Å². The summed E-state index contributed by atoms with van der Waals surface area (Å²) < 4.78 is 0. The van der Waals surface area contributed by atoms with E-state index in [1.807, 2.05) is 0 Å². The third-order valence-corrected chi connectivity index (χ3v) is 2.27. The van der Waals surface area contributed by atoms with Gasteiger partial charge in [-0.1, -0.05) is 39.5 Å². The third-order valence-electron chi connectivity index (χ3n) is 2.27. The van der Waals surface area contributed by atoms with E-state index in [0.29, 0.717) is 0 Å². The van der Waals surface area contributed by atoms with Gasteiger partial charge in [0.1, 0.15) is 0 Å². The van der Waals surface area contributed by atoms with Gasteiger partial charge >= 0.3 is 0 Å². The van der Waals surface area contributed by atoms with Gasteiger partial charge in [0.25, 0.3) is 0 Å². The van der Waals surface area contributed by atoms with Gasteiger partial charge in [0.15, 0.2) is 0 Å². The summed E-state index contributed by atoms with van der Waals surface area (Å²) in [5.41, 5.74) is 0. The van der Waals surface area contributed by atoms with Gasteiger partial charge in [0.2, 0.25) is 0 Å². The summed E-state index contributed by atoms with van der Waals surface area (Å²) in [6, 6.07) is 0. The molecule has 1 fully saturated rings. The third kappa shape index (κ3) is 9.84. The van der Waals surface area contributed by atoms with Crippen molar-refractivity contribution in [3.8, 4) is 0 Å². The molecule has 2 N–H and O–H groups in total. The average Bonchev–Trinajstić information content (AvgIpc) is 2.17. The van der Waals surface area contributed by atoms with E-state index in [4.69, 9.17) is 5.11 Å². The highest BCUT2D eigenvalue weighted by Crippen LogP contribution is 1.99. The molecule has 0 aromatic rings. The molecule has 2 heteroatoms. The Morgan fingerprint density at radius 2 is 1.54 bits per heavy atom. The highest BCUT2D eigenvalue weighted by Gasteiger charge is 2.06. The zero-order chi connectivity index (χ0) is 9.94. The fourth-order valence-corrected chi connectivity index (χ4v) is 1.31. The molecule has 1 aliphatic rings. The minimum absolute atomic E-state index is 0.0266. The fourth-order valence-electron chi connectivity index (χ4n) is 1.31. The number of rotatable bonds is 3. The van der Waals surface area contributed by atoms with E-state index in [-0.39, 0.29) is 6.10 Å². The zero-order valence-corrected chi connectivity index (χ0v) is 9.18. The molecule has 0 amide bonds. The zero-order valence-electron chi connectivity index (χ0n) is 9.18. The fraction of sp³-hybridized carbons (Fsp3) is 1.00. The molecule has 1 rings (SSSR count). The van der Waals surface area contributed by atoms with Crippen molar-refractivity contribution < 1.29 is 5.11 Å². The van der Waals surface area contributed by atoms with E-state index in [1.165, 1.54) is 25.7 Å². The molecule has 80 valence electrons. The smallest absolute Gasteiger partial charge is 0.0564 e. The van der Waals surface area contributed by atoms with Crippen LogP contribution in [0, 0.1) is 0 Å². The minimum Gasteiger partial charge on any atom is -0.393 e. The largest absolute Gasteiger partial charge is 0.393 e. The normalized spacial score (nSPS) is 17.8. The summed E-state index contributed by atoms with van der Waals surface area (Å²) in [6.45, 7) is 6.44. The van der Waals surface area contributed by atoms with Gasteiger partial charge in [-0.2, -0.15) is 0 Å². The molecule has 13 heavy (non-hydrogen) atoms. The van der Waals surface area contributed by atoms with E-state index >= 15 is 0 Å². The van der Waals surface area contributed by atoms with Crippen LogP contribution in [-0.4, -0.2) is 24.3 Å². The van der Waals surface area contributed by atoms with Crippen molar-refractivity contribution in [2.75, 3.05) is 13.1 Å². The SMILES string of the molecule is CCCCCC.OC1CCNCC1. The molecule has 0 radical (unpaired) electrons. The number of hydrogen-bond donors (Lipinski definition) is 2. The lowest BCUT2D eigenvalue weighted by molar-refractivity contribution is 0.137. The molecular weight excluding hydrogens is 162 g/mol. The standard InChI is InChI=1S/C6H14.C5H11NO/c1-3-5-6-4-2;7-5-1-3-6-4-2-5/h3-6H2,1-2H3;5-7H,1-4H2. The number of nitrogens with one attached hydrogen (secondary N) is 1. The second-order valence-electron chi connectivity index (χ2n) is 3.69. The minimum atomic E-state index is -0.0266. The van der Waals surface area contributed by atoms with E-state index in [1.54, 1.807) is 0 Å². The van der Waals surface area contributed by atoms with Crippen LogP contribution in [0.25, 0.3) is 0 Å². The number of aliphatic hydroxyl groups excluding tert-OH is 1. The summed E-state index contributed by atoms with van der Waals surface area (Å²) >= 11 is 0. The summed E-state index contributed by atoms with van der Waals surface area (Å²) in [4.78, 5) is 0. The Balaban J connectivity index is 0.000000226. The maximum atomic E-state index is 8.87. The Hall–Kier alpha value is -0.0800. The van der Waals surface area contributed by atoms with Gasteiger partial charge in [-0.3, -0.25) is 0 Å². The maximum absolute atomic E-state index is 8.87. The van der Waals surface area contributed by atoms with Gasteiger partial charge in [-0.25, -0.2) is 0 Å². The summed E-state index contributed by atoms with van der Waals surface area (Å²) in [6.07, 6.45) is 7.37. The number of hydrogen-bond acceptors (Lipinski definition) is 2. The predicted octanol–water partition coefficient (Wildman–Crippen LogP) is 2.32. The van der Waals surface area contributed by atoms with Crippen molar-refractivity contribution in [2.24, 2.45) is 0 Å². The number of unbranched alkanes of at least 4 members (excludes halogenated alkanes) is 3. The second kappa shape index (κ2) is 10.0. The van der Waals surface area contributed by atoms with Crippen molar-refractivity contribution in [3.05, 3.63) is 0 Å². The molecule has 0 spiro atoms. The Morgan fingerprint density at radius 1 is 1.08 bits per heavy atom. The Labute approximate surface area is 82.7 Å². The summed E-state index contributed by atoms with van der Waals surface area (Å²) in [5.74, 6) is 0. The van der Waals surface area contributed by atoms with Gasteiger partial charge in [-0.15, -0.1) is 0 Å². The van der Waals surface area contributed by atoms with Crippen LogP contribution < -0.4 is 5.32 Å². The van der Waals surface area contributed by atoms with E-state index in [9.17, 15) is 0 Å². The first-order valence-corrected chi connectivity index (χ1v) is 5.70. The topological polar surface area (TPSA) is 32.3 Å². The van der Waals surface area contributed by atoms with Crippen molar-refractivity contribution in [3.63, 3.8) is 0 Å². The van der Waals surface area contributed by atoms with Crippen LogP contribution in [0.15, 0.2) is 0 Å². The molecule has 0 aliphatic carbocycles. The Bertz CT molecular complexity index is 86.1. The number of aliphatic hydroxyl groups is 1. The van der Waals surface area contributed by atoms with Crippen LogP contribution >= 0.6 is 0 Å². The molecule has 0 atom stereocenters. The lowest BCUT2D eigenvalue weighted by Gasteiger charge is -2.16. The molecular formula is C11H25NO. The Morgan fingerprint density at radius 3 is 1.77 bits per heavy atom. The quantitative estimate of drug-likeness (QED) is 0.665.